The van der Waals surface area contributed by atoms with Crippen LogP contribution in [0.1, 0.15) is 25.5 Å². The molecular weight excluding hydrogens is 442 g/mol. The van der Waals surface area contributed by atoms with Gasteiger partial charge in [0.25, 0.3) is 5.91 Å². The van der Waals surface area contributed by atoms with Crippen molar-refractivity contribution in [3.8, 4) is 22.6 Å². The molecule has 182 valence electrons. The molecule has 0 N–H and O–H groups in total. The van der Waals surface area contributed by atoms with Crippen molar-refractivity contribution in [2.24, 2.45) is 0 Å². The Kier molecular flexibility index (Phi) is 7.34. The minimum Gasteiger partial charge on any atom is -0.497 e. The van der Waals surface area contributed by atoms with Gasteiger partial charge in [0.15, 0.2) is 11.9 Å². The number of nitrogens with zero attached hydrogens (tertiary/aromatic N) is 3. The third kappa shape index (κ3) is 5.45. The lowest BCUT2D eigenvalue weighted by atomic mass is 10.0. The first-order chi connectivity index (χ1) is 16.9. The molecule has 2 amide bonds. The fourth-order valence-corrected chi connectivity index (χ4v) is 4.34. The second-order valence-corrected chi connectivity index (χ2v) is 8.91. The number of pyridine rings is 1. The molecule has 0 bridgehead atoms. The summed E-state index contributed by atoms with van der Waals surface area (Å²) in [5.41, 5.74) is 4.02. The molecule has 4 rings (SSSR count). The Morgan fingerprint density at radius 1 is 0.943 bits per heavy atom. The fourth-order valence-electron chi connectivity index (χ4n) is 4.34. The van der Waals surface area contributed by atoms with Crippen molar-refractivity contribution in [1.29, 1.82) is 0 Å². The molecule has 0 saturated carbocycles. The van der Waals surface area contributed by atoms with Crippen molar-refractivity contribution in [2.75, 3.05) is 38.8 Å². The molecule has 1 saturated heterocycles. The van der Waals surface area contributed by atoms with E-state index in [-0.39, 0.29) is 30.8 Å². The summed E-state index contributed by atoms with van der Waals surface area (Å²) in [6.07, 6.45) is 1.96. The third-order valence-electron chi connectivity index (χ3n) is 6.33. The summed E-state index contributed by atoms with van der Waals surface area (Å²) >= 11 is 0. The lowest BCUT2D eigenvalue weighted by molar-refractivity contribution is -0.693. The molecule has 0 atom stereocenters. The van der Waals surface area contributed by atoms with Crippen LogP contribution in [0.3, 0.4) is 0 Å². The Labute approximate surface area is 206 Å². The minimum absolute atomic E-state index is 0.0623. The second kappa shape index (κ2) is 10.6. The molecule has 3 aromatic rings. The molecule has 0 aliphatic carbocycles. The zero-order valence-electron chi connectivity index (χ0n) is 20.7. The van der Waals surface area contributed by atoms with Crippen LogP contribution in [-0.4, -0.2) is 50.6 Å². The highest BCUT2D eigenvalue weighted by Crippen LogP contribution is 2.25. The lowest BCUT2D eigenvalue weighted by Gasteiger charge is -2.34. The maximum atomic E-state index is 13.2. The predicted molar refractivity (Wildman–Crippen MR) is 135 cm³/mol. The zero-order chi connectivity index (χ0) is 24.9. The zero-order valence-corrected chi connectivity index (χ0v) is 20.7. The van der Waals surface area contributed by atoms with Crippen LogP contribution < -0.4 is 18.9 Å². The summed E-state index contributed by atoms with van der Waals surface area (Å²) in [7, 11) is 3.25. The van der Waals surface area contributed by atoms with Gasteiger partial charge in [-0.3, -0.25) is 9.59 Å². The summed E-state index contributed by atoms with van der Waals surface area (Å²) in [4.78, 5) is 29.4. The number of hydrogen-bond donors (Lipinski definition) is 0. The molecule has 1 aromatic heterocycles. The van der Waals surface area contributed by atoms with Crippen molar-refractivity contribution in [3.63, 3.8) is 0 Å². The molecular formula is C28H32N3O4+. The normalized spacial score (nSPS) is 13.8. The van der Waals surface area contributed by atoms with Gasteiger partial charge in [0.1, 0.15) is 18.0 Å². The standard InChI is InChI=1S/C28H32N3O4/c1-20(2)26-16-22(21-8-10-24(34-3)11-9-21)12-13-29(26)18-27(32)30-14-15-31(28(33)19-30)23-6-5-7-25(17-23)35-4/h5-13,16-17,20H,14-15,18-19H2,1-4H3/q+1. The number of rotatable bonds is 7. The van der Waals surface area contributed by atoms with E-state index in [1.165, 1.54) is 0 Å². The number of amides is 2. The van der Waals surface area contributed by atoms with Gasteiger partial charge in [0, 0.05) is 42.9 Å². The van der Waals surface area contributed by atoms with Crippen molar-refractivity contribution >= 4 is 17.5 Å². The highest BCUT2D eigenvalue weighted by atomic mass is 16.5. The van der Waals surface area contributed by atoms with Crippen molar-refractivity contribution in [3.05, 3.63) is 72.6 Å². The first-order valence-corrected chi connectivity index (χ1v) is 11.8. The van der Waals surface area contributed by atoms with Crippen LogP contribution in [0.5, 0.6) is 11.5 Å². The second-order valence-electron chi connectivity index (χ2n) is 8.91. The van der Waals surface area contributed by atoms with Gasteiger partial charge in [0.05, 0.1) is 14.2 Å². The number of benzene rings is 2. The van der Waals surface area contributed by atoms with E-state index in [2.05, 4.69) is 19.9 Å². The van der Waals surface area contributed by atoms with E-state index in [0.717, 1.165) is 28.3 Å². The van der Waals surface area contributed by atoms with Crippen molar-refractivity contribution < 1.29 is 23.6 Å². The lowest BCUT2D eigenvalue weighted by Crippen LogP contribution is -2.55. The Hall–Kier alpha value is -3.87. The molecule has 7 heteroatoms. The molecule has 2 aromatic carbocycles. The topological polar surface area (TPSA) is 63.0 Å². The molecule has 2 heterocycles. The maximum absolute atomic E-state index is 13.2. The largest absolute Gasteiger partial charge is 0.497 e. The summed E-state index contributed by atoms with van der Waals surface area (Å²) in [5.74, 6) is 1.59. The maximum Gasteiger partial charge on any atom is 0.289 e. The Morgan fingerprint density at radius 3 is 2.34 bits per heavy atom. The third-order valence-corrected chi connectivity index (χ3v) is 6.33. The Balaban J connectivity index is 1.46. The highest BCUT2D eigenvalue weighted by Gasteiger charge is 2.30. The van der Waals surface area contributed by atoms with Crippen LogP contribution in [0.25, 0.3) is 11.1 Å². The van der Waals surface area contributed by atoms with E-state index in [4.69, 9.17) is 9.47 Å². The van der Waals surface area contributed by atoms with Crippen molar-refractivity contribution in [2.45, 2.75) is 26.3 Å². The van der Waals surface area contributed by atoms with Crippen LogP contribution in [-0.2, 0) is 16.1 Å². The van der Waals surface area contributed by atoms with Crippen LogP contribution >= 0.6 is 0 Å². The number of ether oxygens (including phenoxy) is 2. The number of carbonyl (C=O) groups excluding carboxylic acids is 2. The first-order valence-electron chi connectivity index (χ1n) is 11.8. The van der Waals surface area contributed by atoms with E-state index in [0.29, 0.717) is 18.8 Å². The minimum atomic E-state index is -0.0956. The number of piperazine rings is 1. The summed E-state index contributed by atoms with van der Waals surface area (Å²) < 4.78 is 12.5. The van der Waals surface area contributed by atoms with Gasteiger partial charge >= 0.3 is 0 Å². The predicted octanol–water partition coefficient (Wildman–Crippen LogP) is 3.66. The first kappa shape index (κ1) is 24.3. The number of hydrogen-bond acceptors (Lipinski definition) is 4. The fraction of sp³-hybridized carbons (Fsp3) is 0.321. The van der Waals surface area contributed by atoms with Crippen LogP contribution in [0.4, 0.5) is 5.69 Å². The van der Waals surface area contributed by atoms with E-state index < -0.39 is 0 Å². The number of aromatic nitrogens is 1. The van der Waals surface area contributed by atoms with E-state index >= 15 is 0 Å². The van der Waals surface area contributed by atoms with Gasteiger partial charge in [-0.25, -0.2) is 0 Å². The van der Waals surface area contributed by atoms with Crippen LogP contribution in [0.2, 0.25) is 0 Å². The average molecular weight is 475 g/mol. The quantitative estimate of drug-likeness (QED) is 0.491. The SMILES string of the molecule is COc1ccc(-c2cc[n+](CC(=O)N3CCN(c4cccc(OC)c4)C(=O)C3)c(C(C)C)c2)cc1. The van der Waals surface area contributed by atoms with Gasteiger partial charge in [-0.2, -0.15) is 4.57 Å². The van der Waals surface area contributed by atoms with Crippen LogP contribution in [0, 0.1) is 0 Å². The molecule has 0 unspecified atom stereocenters. The van der Waals surface area contributed by atoms with Gasteiger partial charge in [0.2, 0.25) is 12.5 Å². The molecule has 0 spiro atoms. The summed E-state index contributed by atoms with van der Waals surface area (Å²) in [6.45, 7) is 5.44. The molecule has 1 aliphatic heterocycles. The average Bonchev–Trinajstić information content (AvgIpc) is 2.88. The Morgan fingerprint density at radius 2 is 1.69 bits per heavy atom. The van der Waals surface area contributed by atoms with Crippen LogP contribution in [0.15, 0.2) is 66.9 Å². The molecule has 1 aliphatic rings. The van der Waals surface area contributed by atoms with Gasteiger partial charge in [-0.15, -0.1) is 0 Å². The smallest absolute Gasteiger partial charge is 0.289 e. The van der Waals surface area contributed by atoms with Gasteiger partial charge in [-0.1, -0.05) is 32.0 Å². The van der Waals surface area contributed by atoms with E-state index in [1.807, 2.05) is 65.4 Å². The molecule has 0 radical (unpaired) electrons. The Bertz CT molecular complexity index is 1210. The summed E-state index contributed by atoms with van der Waals surface area (Å²) in [6, 6.07) is 19.5. The van der Waals surface area contributed by atoms with Crippen molar-refractivity contribution in [1.82, 2.24) is 4.90 Å². The number of methoxy groups -OCH3 is 2. The molecule has 35 heavy (non-hydrogen) atoms. The van der Waals surface area contributed by atoms with Gasteiger partial charge in [-0.05, 0) is 35.4 Å². The summed E-state index contributed by atoms with van der Waals surface area (Å²) in [5, 5.41) is 0. The van der Waals surface area contributed by atoms with E-state index in [9.17, 15) is 9.59 Å². The number of anilines is 1. The highest BCUT2D eigenvalue weighted by molar-refractivity contribution is 5.98. The molecule has 7 nitrogen and oxygen atoms in total. The monoisotopic (exact) mass is 474 g/mol. The van der Waals surface area contributed by atoms with E-state index in [1.54, 1.807) is 24.0 Å². The number of carbonyl (C=O) groups is 2. The molecule has 1 fully saturated rings. The van der Waals surface area contributed by atoms with Gasteiger partial charge < -0.3 is 19.3 Å².